The summed E-state index contributed by atoms with van der Waals surface area (Å²) < 4.78 is 26.6. The van der Waals surface area contributed by atoms with Gasteiger partial charge in [-0.05, 0) is 42.8 Å². The van der Waals surface area contributed by atoms with E-state index in [2.05, 4.69) is 5.10 Å². The molecule has 0 saturated carbocycles. The lowest BCUT2D eigenvalue weighted by molar-refractivity contribution is 0.191. The second kappa shape index (κ2) is 8.24. The van der Waals surface area contributed by atoms with Crippen LogP contribution in [0, 0.1) is 6.92 Å². The van der Waals surface area contributed by atoms with Crippen LogP contribution in [0.4, 0.5) is 4.39 Å². The van der Waals surface area contributed by atoms with Gasteiger partial charge in [0.2, 0.25) is 6.86 Å². The van der Waals surface area contributed by atoms with Crippen LogP contribution < -0.4 is 15.0 Å². The lowest BCUT2D eigenvalue weighted by Gasteiger charge is -2.15. The van der Waals surface area contributed by atoms with Gasteiger partial charge in [0, 0.05) is 36.6 Å². The Morgan fingerprint density at radius 2 is 1.83 bits per heavy atom. The summed E-state index contributed by atoms with van der Waals surface area (Å²) in [6.45, 7) is 0.931. The second-order valence-corrected chi connectivity index (χ2v) is 6.78. The Kier molecular flexibility index (Phi) is 5.34. The molecule has 2 aromatic heterocycles. The first-order valence-electron chi connectivity index (χ1n) is 9.33. The number of aromatic nitrogens is 3. The monoisotopic (exact) mass is 405 g/mol. The van der Waals surface area contributed by atoms with Crippen molar-refractivity contribution in [2.24, 2.45) is 7.05 Å². The number of rotatable bonds is 6. The van der Waals surface area contributed by atoms with Crippen LogP contribution in [0.15, 0.2) is 78.0 Å². The molecule has 0 atom stereocenters. The van der Waals surface area contributed by atoms with Crippen molar-refractivity contribution in [3.8, 4) is 34.1 Å². The Balaban J connectivity index is 1.84. The van der Waals surface area contributed by atoms with Crippen LogP contribution in [0.2, 0.25) is 0 Å². The second-order valence-electron chi connectivity index (χ2n) is 6.78. The van der Waals surface area contributed by atoms with Gasteiger partial charge in [-0.15, -0.1) is 0 Å². The molecule has 6 nitrogen and oxygen atoms in total. The first-order valence-corrected chi connectivity index (χ1v) is 9.33. The normalized spacial score (nSPS) is 10.8. The zero-order chi connectivity index (χ0) is 21.1. The number of pyridine rings is 1. The van der Waals surface area contributed by atoms with Crippen LogP contribution in [0.1, 0.15) is 5.56 Å². The molecule has 0 aliphatic heterocycles. The molecule has 2 heterocycles. The van der Waals surface area contributed by atoms with E-state index in [1.807, 2.05) is 50.5 Å². The third-order valence-corrected chi connectivity index (χ3v) is 4.65. The Morgan fingerprint density at radius 1 is 1.03 bits per heavy atom. The summed E-state index contributed by atoms with van der Waals surface area (Å²) in [6.07, 6.45) is 5.30. The van der Waals surface area contributed by atoms with E-state index in [9.17, 15) is 9.18 Å². The molecule has 0 fully saturated rings. The van der Waals surface area contributed by atoms with Gasteiger partial charge in [-0.25, -0.2) is 4.39 Å². The quantitative estimate of drug-likeness (QED) is 0.469. The van der Waals surface area contributed by atoms with Crippen LogP contribution in [-0.4, -0.2) is 21.2 Å². The number of hydrogen-bond acceptors (Lipinski definition) is 4. The SMILES string of the molecule is Cc1cc(OCF)ccc1-n1cc(-c2cnn(C)c2)c(Oc2ccccc2)cc1=O. The summed E-state index contributed by atoms with van der Waals surface area (Å²) in [5, 5.41) is 4.24. The van der Waals surface area contributed by atoms with Gasteiger partial charge < -0.3 is 9.47 Å². The number of nitrogens with zero attached hydrogens (tertiary/aromatic N) is 3. The van der Waals surface area contributed by atoms with Crippen LogP contribution >= 0.6 is 0 Å². The zero-order valence-corrected chi connectivity index (χ0v) is 16.6. The third kappa shape index (κ3) is 3.96. The molecule has 0 unspecified atom stereocenters. The van der Waals surface area contributed by atoms with Gasteiger partial charge in [0.25, 0.3) is 5.56 Å². The van der Waals surface area contributed by atoms with Crippen LogP contribution in [0.3, 0.4) is 0 Å². The highest BCUT2D eigenvalue weighted by molar-refractivity contribution is 5.69. The van der Waals surface area contributed by atoms with E-state index >= 15 is 0 Å². The number of para-hydroxylation sites is 1. The van der Waals surface area contributed by atoms with Crippen molar-refractivity contribution in [3.63, 3.8) is 0 Å². The first-order chi connectivity index (χ1) is 14.5. The first kappa shape index (κ1) is 19.4. The van der Waals surface area contributed by atoms with Gasteiger partial charge in [-0.2, -0.15) is 5.10 Å². The fourth-order valence-electron chi connectivity index (χ4n) is 3.23. The molecule has 4 aromatic rings. The Bertz CT molecular complexity index is 1230. The lowest BCUT2D eigenvalue weighted by atomic mass is 10.1. The van der Waals surface area contributed by atoms with Crippen molar-refractivity contribution < 1.29 is 13.9 Å². The van der Waals surface area contributed by atoms with Crippen molar-refractivity contribution in [1.82, 2.24) is 14.3 Å². The smallest absolute Gasteiger partial charge is 0.258 e. The number of alkyl halides is 1. The summed E-state index contributed by atoms with van der Waals surface area (Å²) in [7, 11) is 1.82. The summed E-state index contributed by atoms with van der Waals surface area (Å²) in [4.78, 5) is 13.0. The Labute approximate surface area is 172 Å². The number of halogens is 1. The average molecular weight is 405 g/mol. The van der Waals surface area contributed by atoms with E-state index in [4.69, 9.17) is 9.47 Å². The molecule has 0 aliphatic rings. The van der Waals surface area contributed by atoms with Gasteiger partial charge in [0.1, 0.15) is 17.2 Å². The van der Waals surface area contributed by atoms with Gasteiger partial charge in [-0.1, -0.05) is 18.2 Å². The van der Waals surface area contributed by atoms with Crippen molar-refractivity contribution in [3.05, 3.63) is 89.1 Å². The topological polar surface area (TPSA) is 58.3 Å². The molecule has 0 amide bonds. The summed E-state index contributed by atoms with van der Waals surface area (Å²) >= 11 is 0. The zero-order valence-electron chi connectivity index (χ0n) is 16.6. The predicted octanol–water partition coefficient (Wildman–Crippen LogP) is 4.64. The van der Waals surface area contributed by atoms with Crippen LogP contribution in [-0.2, 0) is 7.05 Å². The molecular weight excluding hydrogens is 385 g/mol. The molecule has 0 saturated heterocycles. The summed E-state index contributed by atoms with van der Waals surface area (Å²) in [5.41, 5.74) is 2.72. The Morgan fingerprint density at radius 3 is 2.50 bits per heavy atom. The molecule has 2 aromatic carbocycles. The molecule has 0 spiro atoms. The number of ether oxygens (including phenoxy) is 2. The number of aryl methyl sites for hydroxylation is 2. The molecule has 152 valence electrons. The van der Waals surface area contributed by atoms with Gasteiger partial charge in [-0.3, -0.25) is 14.0 Å². The molecular formula is C23H20FN3O3. The van der Waals surface area contributed by atoms with Gasteiger partial charge >= 0.3 is 0 Å². The molecule has 0 bridgehead atoms. The van der Waals surface area contributed by atoms with Gasteiger partial charge in [0.15, 0.2) is 0 Å². The van der Waals surface area contributed by atoms with E-state index in [1.165, 1.54) is 10.6 Å². The third-order valence-electron chi connectivity index (χ3n) is 4.65. The highest BCUT2D eigenvalue weighted by Crippen LogP contribution is 2.33. The molecule has 30 heavy (non-hydrogen) atoms. The van der Waals surface area contributed by atoms with E-state index in [1.54, 1.807) is 35.3 Å². The molecule has 4 rings (SSSR count). The van der Waals surface area contributed by atoms with Crippen molar-refractivity contribution in [2.75, 3.05) is 6.86 Å². The van der Waals surface area contributed by atoms with E-state index in [0.717, 1.165) is 16.7 Å². The average Bonchev–Trinajstić information content (AvgIpc) is 3.16. The highest BCUT2D eigenvalue weighted by Gasteiger charge is 2.15. The molecule has 0 radical (unpaired) electrons. The van der Waals surface area contributed by atoms with E-state index < -0.39 is 6.86 Å². The summed E-state index contributed by atoms with van der Waals surface area (Å²) in [6, 6.07) is 15.8. The standard InChI is InChI=1S/C23H20FN3O3/c1-16-10-19(29-15-24)8-9-21(16)27-14-20(17-12-25-26(2)13-17)22(11-23(27)28)30-18-6-4-3-5-7-18/h3-14H,15H2,1-2H3. The maximum atomic E-state index is 13.0. The number of hydrogen-bond donors (Lipinski definition) is 0. The van der Waals surface area contributed by atoms with Crippen molar-refractivity contribution in [2.45, 2.75) is 6.92 Å². The minimum atomic E-state index is -0.907. The maximum Gasteiger partial charge on any atom is 0.258 e. The maximum absolute atomic E-state index is 13.0. The summed E-state index contributed by atoms with van der Waals surface area (Å²) in [5.74, 6) is 1.47. The predicted molar refractivity (Wildman–Crippen MR) is 112 cm³/mol. The van der Waals surface area contributed by atoms with Crippen molar-refractivity contribution >= 4 is 0 Å². The minimum Gasteiger partial charge on any atom is -0.463 e. The fourth-order valence-corrected chi connectivity index (χ4v) is 3.23. The van der Waals surface area contributed by atoms with E-state index in [0.29, 0.717) is 22.9 Å². The lowest BCUT2D eigenvalue weighted by Crippen LogP contribution is -2.18. The van der Waals surface area contributed by atoms with Crippen molar-refractivity contribution in [1.29, 1.82) is 0 Å². The van der Waals surface area contributed by atoms with Crippen LogP contribution in [0.5, 0.6) is 17.2 Å². The van der Waals surface area contributed by atoms with E-state index in [-0.39, 0.29) is 5.56 Å². The fraction of sp³-hybridized carbons (Fsp3) is 0.130. The number of benzene rings is 2. The van der Waals surface area contributed by atoms with Gasteiger partial charge in [0.05, 0.1) is 11.9 Å². The molecule has 0 aliphatic carbocycles. The van der Waals surface area contributed by atoms with Crippen LogP contribution in [0.25, 0.3) is 16.8 Å². The molecule has 0 N–H and O–H groups in total. The largest absolute Gasteiger partial charge is 0.463 e. The Hall–Kier alpha value is -3.87. The minimum absolute atomic E-state index is 0.254. The highest BCUT2D eigenvalue weighted by atomic mass is 19.1. The molecule has 7 heteroatoms.